The fourth-order valence-electron chi connectivity index (χ4n) is 9.08. The highest BCUT2D eigenvalue weighted by Crippen LogP contribution is 2.24. The summed E-state index contributed by atoms with van der Waals surface area (Å²) < 4.78 is 77.0. The van der Waals surface area contributed by atoms with E-state index in [1.54, 1.807) is 0 Å². The molecule has 3 aliphatic heterocycles. The largest absolute Gasteiger partial charge is 0.459 e. The average molecular weight is 1510 g/mol. The number of hydrogen-bond donors (Lipinski definition) is 0. The molecule has 3 fully saturated rings. The first kappa shape index (κ1) is 79.3. The van der Waals surface area contributed by atoms with Crippen molar-refractivity contribution in [3.63, 3.8) is 0 Å². The summed E-state index contributed by atoms with van der Waals surface area (Å²) in [5.74, 6) is -5.41. The molecule has 3 atom stereocenters. The Kier molecular flexibility index (Phi) is 28.1. The van der Waals surface area contributed by atoms with Gasteiger partial charge in [0.2, 0.25) is 0 Å². The van der Waals surface area contributed by atoms with Crippen molar-refractivity contribution in [3.8, 4) is 34.5 Å². The molecule has 0 N–H and O–H groups in total. The zero-order chi connectivity index (χ0) is 78.6. The molecule has 0 aromatic heterocycles. The summed E-state index contributed by atoms with van der Waals surface area (Å²) in [6, 6.07) is 52.8. The van der Waals surface area contributed by atoms with Gasteiger partial charge in [0.05, 0.1) is 86.6 Å². The Morgan fingerprint density at radius 3 is 0.486 bits per heavy atom. The molecule has 3 unspecified atom stereocenters. The van der Waals surface area contributed by atoms with Gasteiger partial charge in [-0.3, -0.25) is 0 Å². The van der Waals surface area contributed by atoms with Crippen LogP contribution in [0.2, 0.25) is 0 Å². The van der Waals surface area contributed by atoms with E-state index in [9.17, 15) is 57.5 Å². The molecule has 3 aliphatic rings. The minimum atomic E-state index is -0.643. The third-order valence-electron chi connectivity index (χ3n) is 15.3. The smallest absolute Gasteiger partial charge is 0.343 e. The fourth-order valence-corrected chi connectivity index (χ4v) is 9.08. The Bertz CT molecular complexity index is 4640. The monoisotopic (exact) mass is 1510 g/mol. The first-order chi connectivity index (χ1) is 53.8. The topological polar surface area (TPSA) is 353 Å². The van der Waals surface area contributed by atoms with Crippen molar-refractivity contribution in [2.45, 2.75) is 18.3 Å². The van der Waals surface area contributed by atoms with Crippen LogP contribution in [0.5, 0.6) is 34.5 Å². The van der Waals surface area contributed by atoms with Gasteiger partial charge in [-0.05, 0) is 218 Å². The van der Waals surface area contributed by atoms with E-state index in [2.05, 4.69) is 19.7 Å². The van der Waals surface area contributed by atoms with Crippen molar-refractivity contribution in [2.24, 2.45) is 0 Å². The molecule has 0 amide bonds. The lowest BCUT2D eigenvalue weighted by Gasteiger charge is -2.08. The highest BCUT2D eigenvalue weighted by molar-refractivity contribution is 5.99. The van der Waals surface area contributed by atoms with Crippen molar-refractivity contribution in [1.29, 1.82) is 0 Å². The lowest BCUT2D eigenvalue weighted by molar-refractivity contribution is 0.0468. The van der Waals surface area contributed by atoms with E-state index in [-0.39, 0.29) is 126 Å². The summed E-state index contributed by atoms with van der Waals surface area (Å²) in [6.45, 7) is 13.1. The molecule has 9 aromatic rings. The SMILES string of the molecule is C=CCOC(=O)c1ccc(OC(=O)c2ccc(C(=O)Oc3ccc(C(=O)OCC4CO4)cc3)cc2)cc1.C=CCOC(=O)c1ccc(OC(=O)c2ccc(C(=O)Oc3ccc(C(=O)OCC=C)cc3)cc2)cc1.O=C(OCC1CO1)c1ccc(OC(=O)c2ccc(C(=O)Oc3ccc(C(=O)OCC4CO4)cc3)cc2)cc1. The maximum atomic E-state index is 12.5. The Morgan fingerprint density at radius 2 is 0.351 bits per heavy atom. The van der Waals surface area contributed by atoms with Crippen LogP contribution in [0.1, 0.15) is 124 Å². The van der Waals surface area contributed by atoms with E-state index in [1.807, 2.05) is 0 Å². The number of benzene rings is 9. The van der Waals surface area contributed by atoms with E-state index in [1.165, 1.54) is 237 Å². The van der Waals surface area contributed by atoms with Gasteiger partial charge in [0.15, 0.2) is 0 Å². The van der Waals surface area contributed by atoms with Crippen LogP contribution in [0, 0.1) is 0 Å². The van der Waals surface area contributed by atoms with Crippen LogP contribution in [-0.2, 0) is 42.6 Å². The number of carbonyl (C=O) groups is 12. The Labute approximate surface area is 632 Å². The molecule has 9 aromatic carbocycles. The maximum absolute atomic E-state index is 12.5. The zero-order valence-corrected chi connectivity index (χ0v) is 58.8. The van der Waals surface area contributed by atoms with Gasteiger partial charge in [-0.25, -0.2) is 57.5 Å². The molecule has 27 heteroatoms. The highest BCUT2D eigenvalue weighted by atomic mass is 16.6. The first-order valence-electron chi connectivity index (χ1n) is 33.7. The lowest BCUT2D eigenvalue weighted by atomic mass is 10.1. The lowest BCUT2D eigenvalue weighted by Crippen LogP contribution is -2.12. The predicted octanol–water partition coefficient (Wildman–Crippen LogP) is 12.1. The molecule has 27 nitrogen and oxygen atoms in total. The zero-order valence-electron chi connectivity index (χ0n) is 58.8. The molecule has 0 spiro atoms. The third kappa shape index (κ3) is 24.9. The molecule has 564 valence electrons. The normalized spacial score (nSPS) is 13.7. The molecule has 0 saturated carbocycles. The van der Waals surface area contributed by atoms with Crippen LogP contribution in [0.4, 0.5) is 0 Å². The van der Waals surface area contributed by atoms with Crippen LogP contribution in [-0.4, -0.2) is 149 Å². The number of carbonyl (C=O) groups excluding carboxylic acids is 12. The first-order valence-corrected chi connectivity index (χ1v) is 33.7. The van der Waals surface area contributed by atoms with Crippen LogP contribution in [0.25, 0.3) is 0 Å². The fraction of sp³-hybridized carbons (Fsp3) is 0.143. The van der Waals surface area contributed by atoms with Crippen LogP contribution < -0.4 is 28.4 Å². The number of rotatable bonds is 30. The van der Waals surface area contributed by atoms with Crippen molar-refractivity contribution in [2.75, 3.05) is 59.5 Å². The Hall–Kier alpha value is -14.3. The van der Waals surface area contributed by atoms with Crippen LogP contribution in [0.15, 0.2) is 256 Å². The number of epoxide rings is 3. The third-order valence-corrected chi connectivity index (χ3v) is 15.3. The van der Waals surface area contributed by atoms with E-state index in [0.29, 0.717) is 53.2 Å². The van der Waals surface area contributed by atoms with Crippen molar-refractivity contribution in [3.05, 3.63) is 323 Å². The number of hydrogen-bond acceptors (Lipinski definition) is 27. The average Bonchev–Trinajstić information content (AvgIpc) is 1.84. The molecular formula is C84H66O27. The van der Waals surface area contributed by atoms with E-state index < -0.39 is 71.6 Å². The standard InChI is InChI=1S/C28H22O10.C28H22O9.C28H22O8/c29-25(35-15-23-13-33-23)17-5-9-21(10-6-17)37-27(31)19-1-2-20(4-3-19)28(32)38-22-11-7-18(8-12-22)26(30)36-16-24-14-34-24;1-2-15-33-25(29)18-7-11-22(12-8-18)36-27(31)20-3-5-21(6-4-20)28(32)37-23-13-9-19(10-14-23)26(30)35-17-24-16-34-24;1-3-17-33-25(29)19-9-13-23(14-10-19)35-27(31)21-5-7-22(8-6-21)28(32)36-24-15-11-20(12-16-24)26(30)34-18-4-2/h1-12,23-24H,13-16H2;2-14,24H,1,15-17H2;3-16H,1-2,17-18H2. The Balaban J connectivity index is 0.000000177. The summed E-state index contributed by atoms with van der Waals surface area (Å²) in [6.07, 6.45) is 4.31. The molecule has 3 heterocycles. The van der Waals surface area contributed by atoms with Gasteiger partial charge < -0.3 is 71.1 Å². The van der Waals surface area contributed by atoms with Gasteiger partial charge in [0, 0.05) is 0 Å². The molecule has 12 rings (SSSR count). The van der Waals surface area contributed by atoms with Crippen LogP contribution >= 0.6 is 0 Å². The second kappa shape index (κ2) is 39.4. The van der Waals surface area contributed by atoms with Gasteiger partial charge >= 0.3 is 71.6 Å². The van der Waals surface area contributed by atoms with Crippen molar-refractivity contribution < 1.29 is 129 Å². The summed E-state index contributed by atoms with van der Waals surface area (Å²) in [4.78, 5) is 146. The highest BCUT2D eigenvalue weighted by Gasteiger charge is 2.28. The molecule has 0 aliphatic carbocycles. The van der Waals surface area contributed by atoms with Gasteiger partial charge in [0.1, 0.15) is 92.5 Å². The molecule has 111 heavy (non-hydrogen) atoms. The minimum absolute atomic E-state index is 0.0241. The van der Waals surface area contributed by atoms with Gasteiger partial charge in [0.25, 0.3) is 0 Å². The second-order valence-electron chi connectivity index (χ2n) is 23.5. The Morgan fingerprint density at radius 1 is 0.225 bits per heavy atom. The van der Waals surface area contributed by atoms with E-state index in [4.69, 9.17) is 71.1 Å². The summed E-state index contributed by atoms with van der Waals surface area (Å²) in [5.41, 5.74) is 3.18. The maximum Gasteiger partial charge on any atom is 0.343 e. The van der Waals surface area contributed by atoms with Gasteiger partial charge in [-0.1, -0.05) is 38.0 Å². The van der Waals surface area contributed by atoms with Gasteiger partial charge in [-0.2, -0.15) is 0 Å². The molecular weight excluding hydrogens is 1440 g/mol. The quantitative estimate of drug-likeness (QED) is 0.0133. The molecule has 3 saturated heterocycles. The molecule has 0 bridgehead atoms. The van der Waals surface area contributed by atoms with E-state index >= 15 is 0 Å². The number of ether oxygens (including phenoxy) is 15. The summed E-state index contributed by atoms with van der Waals surface area (Å²) >= 11 is 0. The number of esters is 12. The van der Waals surface area contributed by atoms with Crippen molar-refractivity contribution in [1.82, 2.24) is 0 Å². The van der Waals surface area contributed by atoms with Gasteiger partial charge in [-0.15, -0.1) is 0 Å². The minimum Gasteiger partial charge on any atom is -0.459 e. The predicted molar refractivity (Wildman–Crippen MR) is 389 cm³/mol. The summed E-state index contributed by atoms with van der Waals surface area (Å²) in [5, 5.41) is 0. The summed E-state index contributed by atoms with van der Waals surface area (Å²) in [7, 11) is 0. The van der Waals surface area contributed by atoms with Crippen molar-refractivity contribution >= 4 is 71.6 Å². The molecule has 0 radical (unpaired) electrons. The second-order valence-corrected chi connectivity index (χ2v) is 23.5. The van der Waals surface area contributed by atoms with Crippen LogP contribution in [0.3, 0.4) is 0 Å². The van der Waals surface area contributed by atoms with E-state index in [0.717, 1.165) is 0 Å².